The molecule has 0 aliphatic carbocycles. The van der Waals surface area contributed by atoms with Crippen molar-refractivity contribution in [1.82, 2.24) is 10.3 Å². The Kier molecular flexibility index (Phi) is 4.37. The maximum absolute atomic E-state index is 12.2. The minimum absolute atomic E-state index is 0.224. The van der Waals surface area contributed by atoms with Crippen molar-refractivity contribution in [2.24, 2.45) is 5.84 Å². The Morgan fingerprint density at radius 1 is 1.45 bits per heavy atom. The van der Waals surface area contributed by atoms with Crippen LogP contribution in [-0.2, 0) is 13.0 Å². The van der Waals surface area contributed by atoms with Crippen LogP contribution in [-0.4, -0.2) is 10.9 Å². The molecular formula is C14H18N4O2. The highest BCUT2D eigenvalue weighted by molar-refractivity contribution is 5.99. The molecule has 1 amide bonds. The van der Waals surface area contributed by atoms with E-state index in [2.05, 4.69) is 15.7 Å². The van der Waals surface area contributed by atoms with Crippen LogP contribution in [0.2, 0.25) is 0 Å². The van der Waals surface area contributed by atoms with E-state index >= 15 is 0 Å². The minimum Gasteiger partial charge on any atom is -0.444 e. The van der Waals surface area contributed by atoms with Crippen molar-refractivity contribution in [3.05, 3.63) is 47.2 Å². The topological polar surface area (TPSA) is 93.2 Å². The average Bonchev–Trinajstić information content (AvgIpc) is 2.92. The first-order valence-corrected chi connectivity index (χ1v) is 6.43. The highest BCUT2D eigenvalue weighted by atomic mass is 16.4. The van der Waals surface area contributed by atoms with Gasteiger partial charge in [-0.3, -0.25) is 10.6 Å². The lowest BCUT2D eigenvalue weighted by Gasteiger charge is -2.09. The van der Waals surface area contributed by atoms with E-state index in [1.165, 1.54) is 0 Å². The van der Waals surface area contributed by atoms with Crippen LogP contribution in [0.1, 0.15) is 34.5 Å². The Bertz CT molecular complexity index is 607. The van der Waals surface area contributed by atoms with Crippen LogP contribution in [0.5, 0.6) is 0 Å². The number of nitrogens with one attached hydrogen (secondary N) is 2. The number of amides is 1. The summed E-state index contributed by atoms with van der Waals surface area (Å²) < 4.78 is 5.43. The van der Waals surface area contributed by atoms with Gasteiger partial charge in [0.1, 0.15) is 5.76 Å². The third-order valence-corrected chi connectivity index (χ3v) is 2.93. The summed E-state index contributed by atoms with van der Waals surface area (Å²) in [6.07, 6.45) is 2.45. The minimum atomic E-state index is -0.224. The molecule has 1 aromatic heterocycles. The van der Waals surface area contributed by atoms with E-state index in [1.807, 2.05) is 19.9 Å². The van der Waals surface area contributed by atoms with Crippen molar-refractivity contribution in [2.45, 2.75) is 26.8 Å². The predicted octanol–water partition coefficient (Wildman–Crippen LogP) is 1.76. The molecule has 0 saturated carbocycles. The van der Waals surface area contributed by atoms with Gasteiger partial charge in [-0.1, -0.05) is 18.6 Å². The number of oxazole rings is 1. The molecule has 1 heterocycles. The lowest BCUT2D eigenvalue weighted by molar-refractivity contribution is 0.0947. The summed E-state index contributed by atoms with van der Waals surface area (Å²) in [4.78, 5) is 16.2. The van der Waals surface area contributed by atoms with E-state index in [1.54, 1.807) is 18.3 Å². The van der Waals surface area contributed by atoms with E-state index in [9.17, 15) is 4.79 Å². The lowest BCUT2D eigenvalue weighted by Crippen LogP contribution is -2.25. The van der Waals surface area contributed by atoms with E-state index in [0.29, 0.717) is 17.1 Å². The van der Waals surface area contributed by atoms with Crippen LogP contribution in [0.25, 0.3) is 0 Å². The first-order chi connectivity index (χ1) is 9.63. The number of nitrogens with two attached hydrogens (primary N) is 1. The fourth-order valence-corrected chi connectivity index (χ4v) is 1.82. The summed E-state index contributed by atoms with van der Waals surface area (Å²) in [5.41, 5.74) is 4.57. The smallest absolute Gasteiger partial charge is 0.253 e. The van der Waals surface area contributed by atoms with Gasteiger partial charge in [-0.25, -0.2) is 4.98 Å². The number of hydrogen-bond acceptors (Lipinski definition) is 5. The van der Waals surface area contributed by atoms with Gasteiger partial charge in [0.05, 0.1) is 24.0 Å². The second kappa shape index (κ2) is 6.21. The van der Waals surface area contributed by atoms with Crippen molar-refractivity contribution in [2.75, 3.05) is 5.43 Å². The number of aromatic nitrogens is 1. The third-order valence-electron chi connectivity index (χ3n) is 2.93. The molecule has 2 rings (SSSR count). The van der Waals surface area contributed by atoms with Crippen LogP contribution in [0.3, 0.4) is 0 Å². The number of rotatable bonds is 5. The predicted molar refractivity (Wildman–Crippen MR) is 76.0 cm³/mol. The SMILES string of the molecule is CCc1cnc(CNC(=O)c2cc(C)ccc2NN)o1. The molecule has 20 heavy (non-hydrogen) atoms. The highest BCUT2D eigenvalue weighted by Gasteiger charge is 2.12. The normalized spacial score (nSPS) is 10.3. The lowest BCUT2D eigenvalue weighted by atomic mass is 10.1. The molecule has 0 spiro atoms. The van der Waals surface area contributed by atoms with E-state index < -0.39 is 0 Å². The number of carbonyl (C=O) groups is 1. The largest absolute Gasteiger partial charge is 0.444 e. The number of hydrazine groups is 1. The van der Waals surface area contributed by atoms with Gasteiger partial charge in [0.25, 0.3) is 5.91 Å². The molecule has 4 N–H and O–H groups in total. The van der Waals surface area contributed by atoms with Crippen molar-refractivity contribution in [1.29, 1.82) is 0 Å². The number of nitrogens with zero attached hydrogens (tertiary/aromatic N) is 1. The van der Waals surface area contributed by atoms with Gasteiger partial charge in [0.2, 0.25) is 5.89 Å². The molecule has 0 atom stereocenters. The molecule has 6 nitrogen and oxygen atoms in total. The molecule has 0 radical (unpaired) electrons. The van der Waals surface area contributed by atoms with Gasteiger partial charge in [-0.15, -0.1) is 0 Å². The Morgan fingerprint density at radius 2 is 2.25 bits per heavy atom. The first kappa shape index (κ1) is 14.1. The molecule has 2 aromatic rings. The van der Waals surface area contributed by atoms with E-state index in [4.69, 9.17) is 10.3 Å². The molecule has 1 aromatic carbocycles. The monoisotopic (exact) mass is 274 g/mol. The van der Waals surface area contributed by atoms with Gasteiger partial charge < -0.3 is 15.2 Å². The number of benzene rings is 1. The number of anilines is 1. The van der Waals surface area contributed by atoms with E-state index in [0.717, 1.165) is 17.7 Å². The molecule has 0 saturated heterocycles. The molecule has 0 fully saturated rings. The molecule has 0 aliphatic rings. The van der Waals surface area contributed by atoms with Crippen LogP contribution in [0, 0.1) is 6.92 Å². The number of aryl methyl sites for hydroxylation is 2. The Balaban J connectivity index is 2.06. The maximum atomic E-state index is 12.2. The highest BCUT2D eigenvalue weighted by Crippen LogP contribution is 2.16. The molecule has 0 unspecified atom stereocenters. The van der Waals surface area contributed by atoms with Crippen molar-refractivity contribution in [3.63, 3.8) is 0 Å². The van der Waals surface area contributed by atoms with Crippen molar-refractivity contribution < 1.29 is 9.21 Å². The van der Waals surface area contributed by atoms with Crippen molar-refractivity contribution in [3.8, 4) is 0 Å². The van der Waals surface area contributed by atoms with Crippen LogP contribution < -0.4 is 16.6 Å². The van der Waals surface area contributed by atoms with Crippen LogP contribution in [0.4, 0.5) is 5.69 Å². The summed E-state index contributed by atoms with van der Waals surface area (Å²) >= 11 is 0. The average molecular weight is 274 g/mol. The maximum Gasteiger partial charge on any atom is 0.253 e. The zero-order valence-electron chi connectivity index (χ0n) is 11.6. The zero-order chi connectivity index (χ0) is 14.5. The second-order valence-electron chi connectivity index (χ2n) is 4.45. The third kappa shape index (κ3) is 3.16. The summed E-state index contributed by atoms with van der Waals surface area (Å²) in [5, 5.41) is 2.76. The molecule has 0 bridgehead atoms. The standard InChI is InChI=1S/C14H18N4O2/c1-3-10-7-16-13(20-10)8-17-14(19)11-6-9(2)4-5-12(11)18-15/h4-7,18H,3,8,15H2,1-2H3,(H,17,19). The Morgan fingerprint density at radius 3 is 2.90 bits per heavy atom. The van der Waals surface area contributed by atoms with E-state index in [-0.39, 0.29) is 12.5 Å². The van der Waals surface area contributed by atoms with Gasteiger partial charge in [0, 0.05) is 6.42 Å². The molecule has 0 aliphatic heterocycles. The van der Waals surface area contributed by atoms with Crippen LogP contribution in [0.15, 0.2) is 28.8 Å². The van der Waals surface area contributed by atoms with Gasteiger partial charge in [0.15, 0.2) is 0 Å². The second-order valence-corrected chi connectivity index (χ2v) is 4.45. The van der Waals surface area contributed by atoms with Gasteiger partial charge >= 0.3 is 0 Å². The molecule has 6 heteroatoms. The Labute approximate surface area is 117 Å². The summed E-state index contributed by atoms with van der Waals surface area (Å²) in [7, 11) is 0. The van der Waals surface area contributed by atoms with Crippen molar-refractivity contribution >= 4 is 11.6 Å². The summed E-state index contributed by atoms with van der Waals surface area (Å²) in [6.45, 7) is 4.14. The quantitative estimate of drug-likeness (QED) is 0.570. The van der Waals surface area contributed by atoms with Gasteiger partial charge in [-0.05, 0) is 19.1 Å². The first-order valence-electron chi connectivity index (χ1n) is 6.43. The molecular weight excluding hydrogens is 256 g/mol. The summed E-state index contributed by atoms with van der Waals surface area (Å²) in [5.74, 6) is 6.47. The number of nitrogen functional groups attached to an aromatic ring is 1. The molecule has 106 valence electrons. The number of carbonyl (C=O) groups excluding carboxylic acids is 1. The zero-order valence-corrected chi connectivity index (χ0v) is 11.6. The van der Waals surface area contributed by atoms with Crippen LogP contribution >= 0.6 is 0 Å². The van der Waals surface area contributed by atoms with Gasteiger partial charge in [-0.2, -0.15) is 0 Å². The fourth-order valence-electron chi connectivity index (χ4n) is 1.82. The fraction of sp³-hybridized carbons (Fsp3) is 0.286. The Hall–Kier alpha value is -2.34. The summed E-state index contributed by atoms with van der Waals surface area (Å²) in [6, 6.07) is 5.43. The number of hydrogen-bond donors (Lipinski definition) is 3.